The van der Waals surface area contributed by atoms with Crippen LogP contribution in [-0.4, -0.2) is 31.9 Å². The number of nitrogens with one attached hydrogen (secondary N) is 1. The van der Waals surface area contributed by atoms with Crippen molar-refractivity contribution in [1.29, 1.82) is 0 Å². The fourth-order valence-corrected chi connectivity index (χ4v) is 4.81. The van der Waals surface area contributed by atoms with Crippen LogP contribution in [0.3, 0.4) is 0 Å². The predicted octanol–water partition coefficient (Wildman–Crippen LogP) is 3.28. The fourth-order valence-electron chi connectivity index (χ4n) is 2.28. The zero-order valence-electron chi connectivity index (χ0n) is 12.2. The van der Waals surface area contributed by atoms with Gasteiger partial charge in [-0.3, -0.25) is 0 Å². The van der Waals surface area contributed by atoms with Crippen molar-refractivity contribution in [3.63, 3.8) is 0 Å². The minimum atomic E-state index is -3.57. The standard InChI is InChI=1S/C14H20Cl2N2O2S/c1-3-17-9-10-7-14(13(16)8-12(10)15)21(19,20)18(4-2)11-5-6-11/h7-8,11,17H,3-6,9H2,1-2H3. The van der Waals surface area contributed by atoms with Crippen LogP contribution in [0.25, 0.3) is 0 Å². The highest BCUT2D eigenvalue weighted by atomic mass is 35.5. The zero-order chi connectivity index (χ0) is 15.6. The smallest absolute Gasteiger partial charge is 0.244 e. The van der Waals surface area contributed by atoms with E-state index in [-0.39, 0.29) is 16.0 Å². The molecule has 0 radical (unpaired) electrons. The molecule has 21 heavy (non-hydrogen) atoms. The van der Waals surface area contributed by atoms with Gasteiger partial charge in [-0.2, -0.15) is 4.31 Å². The van der Waals surface area contributed by atoms with Gasteiger partial charge >= 0.3 is 0 Å². The molecule has 0 spiro atoms. The Bertz CT molecular complexity index is 616. The maximum absolute atomic E-state index is 12.8. The van der Waals surface area contributed by atoms with Crippen LogP contribution in [0.4, 0.5) is 0 Å². The quantitative estimate of drug-likeness (QED) is 0.820. The molecule has 1 N–H and O–H groups in total. The Morgan fingerprint density at radius 2 is 1.90 bits per heavy atom. The molecule has 0 atom stereocenters. The summed E-state index contributed by atoms with van der Waals surface area (Å²) in [6.07, 6.45) is 1.84. The van der Waals surface area contributed by atoms with Crippen molar-refractivity contribution in [2.24, 2.45) is 0 Å². The van der Waals surface area contributed by atoms with Gasteiger partial charge in [0.2, 0.25) is 10.0 Å². The summed E-state index contributed by atoms with van der Waals surface area (Å²) >= 11 is 12.3. The van der Waals surface area contributed by atoms with E-state index in [1.807, 2.05) is 13.8 Å². The molecule has 118 valence electrons. The summed E-state index contributed by atoms with van der Waals surface area (Å²) in [6.45, 7) is 5.58. The predicted molar refractivity (Wildman–Crippen MR) is 86.4 cm³/mol. The van der Waals surface area contributed by atoms with Crippen molar-refractivity contribution >= 4 is 33.2 Å². The first-order valence-corrected chi connectivity index (χ1v) is 9.31. The van der Waals surface area contributed by atoms with E-state index in [9.17, 15) is 8.42 Å². The Morgan fingerprint density at radius 1 is 1.24 bits per heavy atom. The summed E-state index contributed by atoms with van der Waals surface area (Å²) in [6, 6.07) is 3.22. The van der Waals surface area contributed by atoms with Gasteiger partial charge in [-0.25, -0.2) is 8.42 Å². The van der Waals surface area contributed by atoms with E-state index in [1.54, 1.807) is 6.07 Å². The number of hydrogen-bond donors (Lipinski definition) is 1. The topological polar surface area (TPSA) is 49.4 Å². The molecule has 0 aromatic heterocycles. The molecule has 1 fully saturated rings. The molecule has 0 saturated heterocycles. The van der Waals surface area contributed by atoms with E-state index in [0.717, 1.165) is 24.9 Å². The average Bonchev–Trinajstić information content (AvgIpc) is 3.22. The number of sulfonamides is 1. The second-order valence-corrected chi connectivity index (χ2v) is 7.77. The molecule has 2 rings (SSSR count). The summed E-state index contributed by atoms with van der Waals surface area (Å²) in [5.74, 6) is 0. The van der Waals surface area contributed by atoms with Crippen molar-refractivity contribution in [2.45, 2.75) is 44.2 Å². The third kappa shape index (κ3) is 3.71. The molecule has 0 unspecified atom stereocenters. The van der Waals surface area contributed by atoms with Gasteiger partial charge in [0.1, 0.15) is 4.90 Å². The summed E-state index contributed by atoms with van der Waals surface area (Å²) in [5, 5.41) is 3.81. The first-order chi connectivity index (χ1) is 9.91. The second-order valence-electron chi connectivity index (χ2n) is 5.09. The Labute approximate surface area is 136 Å². The van der Waals surface area contributed by atoms with Gasteiger partial charge in [-0.1, -0.05) is 37.0 Å². The molecule has 0 bridgehead atoms. The second kappa shape index (κ2) is 6.84. The Kier molecular flexibility index (Phi) is 5.54. The van der Waals surface area contributed by atoms with Crippen molar-refractivity contribution in [2.75, 3.05) is 13.1 Å². The number of rotatable bonds is 7. The molecule has 0 aliphatic heterocycles. The van der Waals surface area contributed by atoms with Gasteiger partial charge in [0.05, 0.1) is 5.02 Å². The summed E-state index contributed by atoms with van der Waals surface area (Å²) < 4.78 is 27.1. The minimum absolute atomic E-state index is 0.115. The zero-order valence-corrected chi connectivity index (χ0v) is 14.5. The van der Waals surface area contributed by atoms with E-state index in [1.165, 1.54) is 10.4 Å². The Hall–Kier alpha value is -0.330. The summed E-state index contributed by atoms with van der Waals surface area (Å²) in [4.78, 5) is 0.148. The summed E-state index contributed by atoms with van der Waals surface area (Å²) in [7, 11) is -3.57. The molecule has 1 aromatic rings. The van der Waals surface area contributed by atoms with Crippen LogP contribution in [0.2, 0.25) is 10.0 Å². The molecule has 0 heterocycles. The lowest BCUT2D eigenvalue weighted by atomic mass is 10.2. The van der Waals surface area contributed by atoms with Crippen molar-refractivity contribution in [1.82, 2.24) is 9.62 Å². The molecule has 1 aliphatic carbocycles. The van der Waals surface area contributed by atoms with E-state index in [4.69, 9.17) is 23.2 Å². The number of hydrogen-bond acceptors (Lipinski definition) is 3. The van der Waals surface area contributed by atoms with Gasteiger partial charge in [0.25, 0.3) is 0 Å². The van der Waals surface area contributed by atoms with Crippen molar-refractivity contribution < 1.29 is 8.42 Å². The van der Waals surface area contributed by atoms with Crippen LogP contribution in [0, 0.1) is 0 Å². The number of halogens is 2. The highest BCUT2D eigenvalue weighted by molar-refractivity contribution is 7.89. The molecule has 1 aliphatic rings. The van der Waals surface area contributed by atoms with Gasteiger partial charge in [0.15, 0.2) is 0 Å². The van der Waals surface area contributed by atoms with E-state index >= 15 is 0 Å². The lowest BCUT2D eigenvalue weighted by Crippen LogP contribution is -2.33. The first-order valence-electron chi connectivity index (χ1n) is 7.12. The Balaban J connectivity index is 2.41. The van der Waals surface area contributed by atoms with Crippen LogP contribution in [0.1, 0.15) is 32.3 Å². The molecule has 1 saturated carbocycles. The third-order valence-electron chi connectivity index (χ3n) is 3.52. The molecular weight excluding hydrogens is 331 g/mol. The lowest BCUT2D eigenvalue weighted by Gasteiger charge is -2.21. The van der Waals surface area contributed by atoms with Gasteiger partial charge < -0.3 is 5.32 Å². The van der Waals surface area contributed by atoms with Gasteiger partial charge in [-0.05, 0) is 37.1 Å². The molecule has 4 nitrogen and oxygen atoms in total. The minimum Gasteiger partial charge on any atom is -0.313 e. The first kappa shape index (κ1) is 17.0. The van der Waals surface area contributed by atoms with Crippen LogP contribution in [0.5, 0.6) is 0 Å². The molecule has 1 aromatic carbocycles. The molecular formula is C14H20Cl2N2O2S. The van der Waals surface area contributed by atoms with Crippen LogP contribution < -0.4 is 5.32 Å². The normalized spacial score (nSPS) is 15.7. The Morgan fingerprint density at radius 3 is 2.43 bits per heavy atom. The SMILES string of the molecule is CCNCc1cc(S(=O)(=O)N(CC)C2CC2)c(Cl)cc1Cl. The third-order valence-corrected chi connectivity index (χ3v) is 6.36. The van der Waals surface area contributed by atoms with Gasteiger partial charge in [0, 0.05) is 24.2 Å². The molecule has 7 heteroatoms. The largest absolute Gasteiger partial charge is 0.313 e. The molecule has 0 amide bonds. The fraction of sp³-hybridized carbons (Fsp3) is 0.571. The number of benzene rings is 1. The monoisotopic (exact) mass is 350 g/mol. The lowest BCUT2D eigenvalue weighted by molar-refractivity contribution is 0.421. The van der Waals surface area contributed by atoms with Crippen LogP contribution in [-0.2, 0) is 16.6 Å². The maximum atomic E-state index is 12.8. The van der Waals surface area contributed by atoms with Crippen LogP contribution >= 0.6 is 23.2 Å². The van der Waals surface area contributed by atoms with Crippen molar-refractivity contribution in [3.8, 4) is 0 Å². The van der Waals surface area contributed by atoms with E-state index < -0.39 is 10.0 Å². The number of nitrogens with zero attached hydrogens (tertiary/aromatic N) is 1. The summed E-state index contributed by atoms with van der Waals surface area (Å²) in [5.41, 5.74) is 0.744. The highest BCUT2D eigenvalue weighted by Gasteiger charge is 2.38. The van der Waals surface area contributed by atoms with Crippen molar-refractivity contribution in [3.05, 3.63) is 27.7 Å². The average molecular weight is 351 g/mol. The maximum Gasteiger partial charge on any atom is 0.244 e. The van der Waals surface area contributed by atoms with Crippen LogP contribution in [0.15, 0.2) is 17.0 Å². The highest BCUT2D eigenvalue weighted by Crippen LogP contribution is 2.35. The van der Waals surface area contributed by atoms with E-state index in [0.29, 0.717) is 18.1 Å². The van der Waals surface area contributed by atoms with E-state index in [2.05, 4.69) is 5.32 Å². The van der Waals surface area contributed by atoms with Gasteiger partial charge in [-0.15, -0.1) is 0 Å².